The first-order valence-corrected chi connectivity index (χ1v) is 8.30. The van der Waals surface area contributed by atoms with Crippen LogP contribution in [0.15, 0.2) is 18.2 Å². The fourth-order valence-electron chi connectivity index (χ4n) is 1.79. The molecule has 0 fully saturated rings. The number of sulfonamides is 1. The normalized spacial score (nSPS) is 11.5. The van der Waals surface area contributed by atoms with Gasteiger partial charge in [-0.25, -0.2) is 17.9 Å². The number of esters is 1. The molecule has 0 saturated heterocycles. The molecule has 0 spiro atoms. The fraction of sp³-hybridized carbons (Fsp3) is 0.500. The van der Waals surface area contributed by atoms with Crippen molar-refractivity contribution in [2.75, 3.05) is 34.2 Å². The third kappa shape index (κ3) is 5.79. The summed E-state index contributed by atoms with van der Waals surface area (Å²) in [5.41, 5.74) is 0.893. The van der Waals surface area contributed by atoms with Crippen molar-refractivity contribution in [3.63, 3.8) is 0 Å². The van der Waals surface area contributed by atoms with Crippen molar-refractivity contribution in [3.8, 4) is 5.75 Å². The van der Waals surface area contributed by atoms with Gasteiger partial charge in [0, 0.05) is 20.8 Å². The first kappa shape index (κ1) is 19.4. The summed E-state index contributed by atoms with van der Waals surface area (Å²) in [6.07, 6.45) is -0.844. The van der Waals surface area contributed by atoms with Gasteiger partial charge in [-0.05, 0) is 17.7 Å². The summed E-state index contributed by atoms with van der Waals surface area (Å²) in [7, 11) is 1.82. The van der Waals surface area contributed by atoms with Gasteiger partial charge in [-0.3, -0.25) is 0 Å². The Morgan fingerprint density at radius 2 is 1.83 bits per heavy atom. The maximum atomic E-state index is 11.9. The molecule has 0 aliphatic carbocycles. The lowest BCUT2D eigenvalue weighted by atomic mass is 10.1. The van der Waals surface area contributed by atoms with Gasteiger partial charge in [0.2, 0.25) is 10.0 Å². The molecule has 0 bridgehead atoms. The zero-order valence-corrected chi connectivity index (χ0v) is 14.3. The molecular formula is C14H21NO7S. The van der Waals surface area contributed by atoms with Crippen molar-refractivity contribution in [2.24, 2.45) is 0 Å². The fourth-order valence-corrected chi connectivity index (χ4v) is 2.92. The van der Waals surface area contributed by atoms with Crippen LogP contribution in [0.4, 0.5) is 0 Å². The van der Waals surface area contributed by atoms with E-state index in [0.29, 0.717) is 11.3 Å². The predicted molar refractivity (Wildman–Crippen MR) is 82.8 cm³/mol. The van der Waals surface area contributed by atoms with Gasteiger partial charge in [0.25, 0.3) is 0 Å². The molecule has 0 unspecified atom stereocenters. The lowest BCUT2D eigenvalue weighted by Crippen LogP contribution is -2.33. The topological polar surface area (TPSA) is 100 Å². The van der Waals surface area contributed by atoms with E-state index in [1.54, 1.807) is 12.1 Å². The Kier molecular flexibility index (Phi) is 7.43. The van der Waals surface area contributed by atoms with Gasteiger partial charge in [0.15, 0.2) is 6.29 Å². The lowest BCUT2D eigenvalue weighted by molar-refractivity contribution is -0.0853. The van der Waals surface area contributed by atoms with E-state index >= 15 is 0 Å². The van der Waals surface area contributed by atoms with Crippen LogP contribution < -0.4 is 9.46 Å². The quantitative estimate of drug-likeness (QED) is 0.513. The summed E-state index contributed by atoms with van der Waals surface area (Å²) in [6, 6.07) is 4.70. The van der Waals surface area contributed by atoms with E-state index in [0.717, 1.165) is 0 Å². The van der Waals surface area contributed by atoms with Crippen molar-refractivity contribution >= 4 is 16.0 Å². The Hall–Kier alpha value is -1.68. The maximum absolute atomic E-state index is 11.9. The van der Waals surface area contributed by atoms with Gasteiger partial charge in [0.1, 0.15) is 17.1 Å². The van der Waals surface area contributed by atoms with Crippen molar-refractivity contribution in [1.82, 2.24) is 4.72 Å². The van der Waals surface area contributed by atoms with Gasteiger partial charge in [-0.15, -0.1) is 0 Å². The number of carbonyl (C=O) groups excluding carboxylic acids is 1. The molecule has 0 aliphatic heterocycles. The smallest absolute Gasteiger partial charge is 0.341 e. The van der Waals surface area contributed by atoms with Crippen molar-refractivity contribution in [3.05, 3.63) is 29.3 Å². The van der Waals surface area contributed by atoms with Crippen LogP contribution in [0.3, 0.4) is 0 Å². The second-order valence-corrected chi connectivity index (χ2v) is 6.38. The Balaban J connectivity index is 2.80. The SMILES string of the molecule is COC(=O)c1ccc(CNS(=O)(=O)CC(OC)OC)cc1OC. The molecule has 1 aromatic carbocycles. The summed E-state index contributed by atoms with van der Waals surface area (Å²) < 4.78 is 45.8. The van der Waals surface area contributed by atoms with E-state index < -0.39 is 22.3 Å². The predicted octanol–water partition coefficient (Wildman–Crippen LogP) is 0.520. The van der Waals surface area contributed by atoms with Gasteiger partial charge in [-0.2, -0.15) is 0 Å². The largest absolute Gasteiger partial charge is 0.496 e. The van der Waals surface area contributed by atoms with Gasteiger partial charge in [0.05, 0.1) is 14.2 Å². The highest BCUT2D eigenvalue weighted by molar-refractivity contribution is 7.89. The summed E-state index contributed by atoms with van der Waals surface area (Å²) in [4.78, 5) is 11.6. The highest BCUT2D eigenvalue weighted by atomic mass is 32.2. The second kappa shape index (κ2) is 8.82. The molecule has 0 amide bonds. The third-order valence-corrected chi connectivity index (χ3v) is 4.34. The molecule has 0 radical (unpaired) electrons. The molecule has 0 atom stereocenters. The van der Waals surface area contributed by atoms with Crippen LogP contribution in [0, 0.1) is 0 Å². The minimum Gasteiger partial charge on any atom is -0.496 e. The molecule has 0 aliphatic rings. The number of rotatable bonds is 9. The third-order valence-electron chi connectivity index (χ3n) is 3.05. The van der Waals surface area contributed by atoms with Gasteiger partial charge >= 0.3 is 5.97 Å². The molecule has 1 rings (SSSR count). The average Bonchev–Trinajstić information content (AvgIpc) is 2.56. The Morgan fingerprint density at radius 1 is 1.17 bits per heavy atom. The van der Waals surface area contributed by atoms with Crippen LogP contribution in [0.2, 0.25) is 0 Å². The van der Waals surface area contributed by atoms with Gasteiger partial charge in [-0.1, -0.05) is 6.07 Å². The Morgan fingerprint density at radius 3 is 2.35 bits per heavy atom. The minimum atomic E-state index is -3.59. The number of nitrogens with one attached hydrogen (secondary N) is 1. The number of benzene rings is 1. The first-order chi connectivity index (χ1) is 10.9. The zero-order valence-electron chi connectivity index (χ0n) is 13.5. The number of hydrogen-bond donors (Lipinski definition) is 1. The number of ether oxygens (including phenoxy) is 4. The molecule has 1 N–H and O–H groups in total. The number of hydrogen-bond acceptors (Lipinski definition) is 7. The van der Waals surface area contributed by atoms with Crippen molar-refractivity contribution in [2.45, 2.75) is 12.8 Å². The molecule has 130 valence electrons. The summed E-state index contributed by atoms with van der Waals surface area (Å²) in [5, 5.41) is 0. The van der Waals surface area contributed by atoms with Gasteiger partial charge < -0.3 is 18.9 Å². The molecule has 23 heavy (non-hydrogen) atoms. The standard InChI is InChI=1S/C14H21NO7S/c1-19-12-7-10(5-6-11(12)14(16)22-4)8-15-23(17,18)9-13(20-2)21-3/h5-7,13,15H,8-9H2,1-4H3. The lowest BCUT2D eigenvalue weighted by Gasteiger charge is -2.14. The van der Waals surface area contributed by atoms with Crippen molar-refractivity contribution in [1.29, 1.82) is 0 Å². The van der Waals surface area contributed by atoms with Crippen molar-refractivity contribution < 1.29 is 32.2 Å². The molecular weight excluding hydrogens is 326 g/mol. The number of carbonyl (C=O) groups is 1. The van der Waals surface area contributed by atoms with E-state index in [1.807, 2.05) is 0 Å². The van der Waals surface area contributed by atoms with Crippen LogP contribution in [0.1, 0.15) is 15.9 Å². The molecule has 8 nitrogen and oxygen atoms in total. The minimum absolute atomic E-state index is 0.0420. The average molecular weight is 347 g/mol. The first-order valence-electron chi connectivity index (χ1n) is 6.65. The molecule has 0 saturated carbocycles. The number of methoxy groups -OCH3 is 4. The van der Waals surface area contributed by atoms with Crippen LogP contribution >= 0.6 is 0 Å². The Bertz CT molecular complexity index is 626. The van der Waals surface area contributed by atoms with E-state index in [9.17, 15) is 13.2 Å². The monoisotopic (exact) mass is 347 g/mol. The highest BCUT2D eigenvalue weighted by Gasteiger charge is 2.19. The Labute approximate surface area is 135 Å². The van der Waals surface area contributed by atoms with E-state index in [-0.39, 0.29) is 17.9 Å². The maximum Gasteiger partial charge on any atom is 0.341 e. The molecule has 9 heteroatoms. The van der Waals surface area contributed by atoms with E-state index in [2.05, 4.69) is 9.46 Å². The highest BCUT2D eigenvalue weighted by Crippen LogP contribution is 2.21. The van der Waals surface area contributed by atoms with Crippen LogP contribution in [-0.4, -0.2) is 54.9 Å². The van der Waals surface area contributed by atoms with Crippen LogP contribution in [0.5, 0.6) is 5.75 Å². The summed E-state index contributed by atoms with van der Waals surface area (Å²) in [6.45, 7) is 0.0420. The van der Waals surface area contributed by atoms with Crippen LogP contribution in [-0.2, 0) is 30.8 Å². The molecule has 0 heterocycles. The summed E-state index contributed by atoms with van der Waals surface area (Å²) in [5.74, 6) is -0.547. The van der Waals surface area contributed by atoms with E-state index in [1.165, 1.54) is 34.5 Å². The zero-order chi connectivity index (χ0) is 17.5. The molecule has 0 aromatic heterocycles. The van der Waals surface area contributed by atoms with E-state index in [4.69, 9.17) is 14.2 Å². The summed E-state index contributed by atoms with van der Waals surface area (Å²) >= 11 is 0. The second-order valence-electron chi connectivity index (χ2n) is 4.53. The van der Waals surface area contributed by atoms with Crippen LogP contribution in [0.25, 0.3) is 0 Å². The molecule has 1 aromatic rings.